The third-order valence-electron chi connectivity index (χ3n) is 3.69. The molecule has 2 aromatic carbocycles. The molecule has 0 bridgehead atoms. The summed E-state index contributed by atoms with van der Waals surface area (Å²) in [5.74, 6) is 2.60. The number of imide groups is 1. The lowest BCUT2D eigenvalue weighted by atomic mass is 10.2. The standard InChI is InChI=1S/C20H13Cl2NO3S/c1-2-9-23-19(24)18(27-20(23)25)11-13-3-6-15(7-4-13)26-12-14-5-8-16(21)17(22)10-14/h1,3-8,10-11H,9,12H2/b18-11+. The summed E-state index contributed by atoms with van der Waals surface area (Å²) in [6.07, 6.45) is 6.84. The van der Waals surface area contributed by atoms with Crippen molar-refractivity contribution in [2.75, 3.05) is 6.54 Å². The minimum Gasteiger partial charge on any atom is -0.489 e. The van der Waals surface area contributed by atoms with Gasteiger partial charge in [-0.2, -0.15) is 0 Å². The Morgan fingerprint density at radius 3 is 2.52 bits per heavy atom. The van der Waals surface area contributed by atoms with Gasteiger partial charge in [-0.1, -0.05) is 47.3 Å². The van der Waals surface area contributed by atoms with Gasteiger partial charge in [0.05, 0.1) is 21.5 Å². The number of halogens is 2. The van der Waals surface area contributed by atoms with Gasteiger partial charge in [-0.15, -0.1) is 6.42 Å². The average molecular weight is 418 g/mol. The zero-order chi connectivity index (χ0) is 19.4. The molecule has 136 valence electrons. The lowest BCUT2D eigenvalue weighted by Crippen LogP contribution is -2.28. The number of carbonyl (C=O) groups is 2. The monoisotopic (exact) mass is 417 g/mol. The van der Waals surface area contributed by atoms with Crippen LogP contribution in [0.2, 0.25) is 10.0 Å². The van der Waals surface area contributed by atoms with Crippen molar-refractivity contribution in [3.63, 3.8) is 0 Å². The average Bonchev–Trinajstić information content (AvgIpc) is 2.92. The van der Waals surface area contributed by atoms with Crippen LogP contribution >= 0.6 is 35.0 Å². The van der Waals surface area contributed by atoms with E-state index in [1.54, 1.807) is 42.5 Å². The Morgan fingerprint density at radius 1 is 1.11 bits per heavy atom. The minimum absolute atomic E-state index is 0.0243. The van der Waals surface area contributed by atoms with Crippen molar-refractivity contribution in [2.45, 2.75) is 6.61 Å². The van der Waals surface area contributed by atoms with E-state index in [-0.39, 0.29) is 17.7 Å². The van der Waals surface area contributed by atoms with Crippen molar-refractivity contribution in [2.24, 2.45) is 0 Å². The Kier molecular flexibility index (Phi) is 6.12. The molecule has 1 aliphatic heterocycles. The highest BCUT2D eigenvalue weighted by molar-refractivity contribution is 8.18. The third-order valence-corrected chi connectivity index (χ3v) is 5.34. The first-order chi connectivity index (χ1) is 13.0. The Labute approximate surface area is 171 Å². The smallest absolute Gasteiger partial charge is 0.294 e. The first-order valence-corrected chi connectivity index (χ1v) is 9.41. The van der Waals surface area contributed by atoms with Crippen LogP contribution in [-0.2, 0) is 11.4 Å². The molecule has 1 saturated heterocycles. The van der Waals surface area contributed by atoms with Crippen LogP contribution < -0.4 is 4.74 Å². The highest BCUT2D eigenvalue weighted by Gasteiger charge is 2.34. The van der Waals surface area contributed by atoms with Gasteiger partial charge < -0.3 is 4.74 Å². The molecular formula is C20H13Cl2NO3S. The molecule has 0 N–H and O–H groups in total. The number of nitrogens with zero attached hydrogens (tertiary/aromatic N) is 1. The van der Waals surface area contributed by atoms with E-state index in [9.17, 15) is 9.59 Å². The molecule has 0 aliphatic carbocycles. The maximum Gasteiger partial charge on any atom is 0.294 e. The molecule has 2 aromatic rings. The second-order valence-corrected chi connectivity index (χ2v) is 7.39. The number of amides is 2. The van der Waals surface area contributed by atoms with Gasteiger partial charge in [0.2, 0.25) is 0 Å². The Hall–Kier alpha value is -2.39. The Morgan fingerprint density at radius 2 is 1.85 bits per heavy atom. The summed E-state index contributed by atoms with van der Waals surface area (Å²) in [6, 6.07) is 12.5. The molecule has 0 radical (unpaired) electrons. The SMILES string of the molecule is C#CCN1C(=O)S/C(=C/c2ccc(OCc3ccc(Cl)c(Cl)c3)cc2)C1=O. The van der Waals surface area contributed by atoms with Crippen molar-refractivity contribution in [3.8, 4) is 18.1 Å². The molecule has 0 unspecified atom stereocenters. The van der Waals surface area contributed by atoms with Gasteiger partial charge in [-0.05, 0) is 53.2 Å². The fourth-order valence-electron chi connectivity index (χ4n) is 2.34. The van der Waals surface area contributed by atoms with Crippen molar-refractivity contribution >= 4 is 52.2 Å². The number of benzene rings is 2. The summed E-state index contributed by atoms with van der Waals surface area (Å²) < 4.78 is 5.72. The van der Waals surface area contributed by atoms with Crippen LogP contribution in [0.5, 0.6) is 5.75 Å². The molecule has 3 rings (SSSR count). The highest BCUT2D eigenvalue weighted by Crippen LogP contribution is 2.32. The first-order valence-electron chi connectivity index (χ1n) is 7.83. The Bertz CT molecular complexity index is 964. The second kappa shape index (κ2) is 8.53. The summed E-state index contributed by atoms with van der Waals surface area (Å²) in [7, 11) is 0. The number of terminal acetylenes is 1. The van der Waals surface area contributed by atoms with Crippen LogP contribution in [0.3, 0.4) is 0 Å². The number of rotatable bonds is 5. The van der Waals surface area contributed by atoms with Gasteiger partial charge in [-0.3, -0.25) is 14.5 Å². The fraction of sp³-hybridized carbons (Fsp3) is 0.100. The van der Waals surface area contributed by atoms with Crippen LogP contribution in [0.25, 0.3) is 6.08 Å². The quantitative estimate of drug-likeness (QED) is 0.492. The largest absolute Gasteiger partial charge is 0.489 e. The highest BCUT2D eigenvalue weighted by atomic mass is 35.5. The van der Waals surface area contributed by atoms with Crippen molar-refractivity contribution < 1.29 is 14.3 Å². The zero-order valence-corrected chi connectivity index (χ0v) is 16.3. The van der Waals surface area contributed by atoms with Gasteiger partial charge in [-0.25, -0.2) is 0 Å². The molecule has 1 fully saturated rings. The first kappa shape index (κ1) is 19.4. The van der Waals surface area contributed by atoms with Gasteiger partial charge >= 0.3 is 0 Å². The van der Waals surface area contributed by atoms with Gasteiger partial charge in [0.25, 0.3) is 11.1 Å². The fourth-order valence-corrected chi connectivity index (χ4v) is 3.49. The summed E-state index contributed by atoms with van der Waals surface area (Å²) in [5.41, 5.74) is 1.68. The molecule has 7 heteroatoms. The molecule has 4 nitrogen and oxygen atoms in total. The van der Waals surface area contributed by atoms with Gasteiger partial charge in [0.15, 0.2) is 0 Å². The van der Waals surface area contributed by atoms with E-state index in [4.69, 9.17) is 34.4 Å². The number of ether oxygens (including phenoxy) is 1. The van der Waals surface area contributed by atoms with Crippen LogP contribution in [0, 0.1) is 12.3 Å². The van der Waals surface area contributed by atoms with E-state index >= 15 is 0 Å². The number of hydrogen-bond donors (Lipinski definition) is 0. The number of hydrogen-bond acceptors (Lipinski definition) is 4. The van der Waals surface area contributed by atoms with Crippen molar-refractivity contribution in [1.29, 1.82) is 0 Å². The Balaban J connectivity index is 1.65. The van der Waals surface area contributed by atoms with Crippen LogP contribution in [0.1, 0.15) is 11.1 Å². The van der Waals surface area contributed by atoms with E-state index < -0.39 is 0 Å². The van der Waals surface area contributed by atoms with E-state index in [0.717, 1.165) is 27.8 Å². The second-order valence-electron chi connectivity index (χ2n) is 5.58. The molecule has 1 heterocycles. The molecule has 0 aromatic heterocycles. The molecular weight excluding hydrogens is 405 g/mol. The maximum absolute atomic E-state index is 12.2. The predicted octanol–water partition coefficient (Wildman–Crippen LogP) is 5.24. The summed E-state index contributed by atoms with van der Waals surface area (Å²) in [4.78, 5) is 25.3. The number of carbonyl (C=O) groups excluding carboxylic acids is 2. The lowest BCUT2D eigenvalue weighted by molar-refractivity contribution is -0.122. The molecule has 0 atom stereocenters. The lowest BCUT2D eigenvalue weighted by Gasteiger charge is -2.08. The normalized spacial score (nSPS) is 15.3. The van der Waals surface area contributed by atoms with Crippen LogP contribution in [0.4, 0.5) is 4.79 Å². The third kappa shape index (κ3) is 4.67. The van der Waals surface area contributed by atoms with E-state index in [2.05, 4.69) is 5.92 Å². The van der Waals surface area contributed by atoms with Crippen LogP contribution in [-0.4, -0.2) is 22.6 Å². The molecule has 0 saturated carbocycles. The summed E-state index contributed by atoms with van der Waals surface area (Å²) >= 11 is 12.8. The van der Waals surface area contributed by atoms with E-state index in [1.165, 1.54) is 0 Å². The van der Waals surface area contributed by atoms with Gasteiger partial charge in [0, 0.05) is 0 Å². The number of thioether (sulfide) groups is 1. The summed E-state index contributed by atoms with van der Waals surface area (Å²) in [6.45, 7) is 0.324. The van der Waals surface area contributed by atoms with E-state index in [0.29, 0.717) is 27.3 Å². The van der Waals surface area contributed by atoms with Crippen molar-refractivity contribution in [1.82, 2.24) is 4.90 Å². The summed E-state index contributed by atoms with van der Waals surface area (Å²) in [5, 5.41) is 0.620. The minimum atomic E-state index is -0.372. The molecule has 27 heavy (non-hydrogen) atoms. The molecule has 2 amide bonds. The zero-order valence-electron chi connectivity index (χ0n) is 13.9. The van der Waals surface area contributed by atoms with Gasteiger partial charge in [0.1, 0.15) is 12.4 Å². The van der Waals surface area contributed by atoms with Crippen molar-refractivity contribution in [3.05, 3.63) is 68.5 Å². The van der Waals surface area contributed by atoms with E-state index in [1.807, 2.05) is 6.07 Å². The van der Waals surface area contributed by atoms with Crippen LogP contribution in [0.15, 0.2) is 47.4 Å². The predicted molar refractivity (Wildman–Crippen MR) is 109 cm³/mol. The topological polar surface area (TPSA) is 46.6 Å². The molecule has 0 spiro atoms. The molecule has 1 aliphatic rings. The maximum atomic E-state index is 12.2.